The second-order valence-electron chi connectivity index (χ2n) is 3.83. The lowest BCUT2D eigenvalue weighted by Gasteiger charge is -2.09. The lowest BCUT2D eigenvalue weighted by Crippen LogP contribution is -2.10. The van der Waals surface area contributed by atoms with Crippen molar-refractivity contribution in [3.63, 3.8) is 0 Å². The Morgan fingerprint density at radius 1 is 1.44 bits per heavy atom. The molecule has 1 fully saturated rings. The van der Waals surface area contributed by atoms with Crippen molar-refractivity contribution in [1.29, 1.82) is 0 Å². The van der Waals surface area contributed by atoms with Gasteiger partial charge in [0.25, 0.3) is 0 Å². The van der Waals surface area contributed by atoms with Gasteiger partial charge in [-0.2, -0.15) is 0 Å². The van der Waals surface area contributed by atoms with Gasteiger partial charge in [-0.3, -0.25) is 4.72 Å². The van der Waals surface area contributed by atoms with Crippen LogP contribution in [0.3, 0.4) is 0 Å². The summed E-state index contributed by atoms with van der Waals surface area (Å²) in [5.74, 6) is 0.637. The van der Waals surface area contributed by atoms with Gasteiger partial charge in [0, 0.05) is 6.07 Å². The standard InChI is InChI=1S/C10H12ClNO3S/c1-16(13,14)12-10-6-8(4-5-9(10)11)15-7-2-3-7/h4-7,12H,2-3H2,1H3. The first-order valence-corrected chi connectivity index (χ1v) is 7.15. The lowest BCUT2D eigenvalue weighted by molar-refractivity contribution is 0.303. The molecule has 0 heterocycles. The highest BCUT2D eigenvalue weighted by Gasteiger charge is 2.23. The summed E-state index contributed by atoms with van der Waals surface area (Å²) in [6.45, 7) is 0. The van der Waals surface area contributed by atoms with Crippen molar-refractivity contribution in [2.45, 2.75) is 18.9 Å². The van der Waals surface area contributed by atoms with Gasteiger partial charge in [0.15, 0.2) is 0 Å². The second kappa shape index (κ2) is 4.14. The van der Waals surface area contributed by atoms with Crippen LogP contribution in [0.4, 0.5) is 5.69 Å². The van der Waals surface area contributed by atoms with Crippen molar-refractivity contribution >= 4 is 27.3 Å². The summed E-state index contributed by atoms with van der Waals surface area (Å²) >= 11 is 5.87. The van der Waals surface area contributed by atoms with E-state index in [1.165, 1.54) is 0 Å². The minimum Gasteiger partial charge on any atom is -0.490 e. The first-order chi connectivity index (χ1) is 7.44. The zero-order valence-corrected chi connectivity index (χ0v) is 10.3. The minimum absolute atomic E-state index is 0.271. The Bertz CT molecular complexity index is 497. The van der Waals surface area contributed by atoms with Gasteiger partial charge in [0.2, 0.25) is 10.0 Å². The third kappa shape index (κ3) is 3.28. The minimum atomic E-state index is -3.32. The number of ether oxygens (including phenoxy) is 1. The number of benzene rings is 1. The molecule has 1 aliphatic carbocycles. The van der Waals surface area contributed by atoms with Crippen LogP contribution in [0.15, 0.2) is 18.2 Å². The highest BCUT2D eigenvalue weighted by atomic mass is 35.5. The predicted molar refractivity (Wildman–Crippen MR) is 63.6 cm³/mol. The van der Waals surface area contributed by atoms with Crippen LogP contribution in [-0.4, -0.2) is 20.8 Å². The van der Waals surface area contributed by atoms with E-state index in [9.17, 15) is 8.42 Å². The zero-order valence-electron chi connectivity index (χ0n) is 8.73. The van der Waals surface area contributed by atoms with Gasteiger partial charge in [0.05, 0.1) is 23.1 Å². The fourth-order valence-electron chi connectivity index (χ4n) is 1.23. The quantitative estimate of drug-likeness (QED) is 0.904. The average Bonchev–Trinajstić information content (AvgIpc) is 2.92. The molecule has 1 N–H and O–H groups in total. The Hall–Kier alpha value is -0.940. The normalized spacial score (nSPS) is 15.9. The molecule has 0 bridgehead atoms. The van der Waals surface area contributed by atoms with E-state index in [1.807, 2.05) is 0 Å². The number of nitrogens with one attached hydrogen (secondary N) is 1. The summed E-state index contributed by atoms with van der Waals surface area (Å²) in [5, 5.41) is 0.355. The molecule has 1 aromatic rings. The van der Waals surface area contributed by atoms with Crippen molar-refractivity contribution in [2.24, 2.45) is 0 Å². The molecule has 0 atom stereocenters. The Morgan fingerprint density at radius 3 is 2.69 bits per heavy atom. The van der Waals surface area contributed by atoms with E-state index >= 15 is 0 Å². The molecule has 1 aromatic carbocycles. The van der Waals surface area contributed by atoms with Crippen LogP contribution in [0, 0.1) is 0 Å². The van der Waals surface area contributed by atoms with Crippen LogP contribution in [-0.2, 0) is 10.0 Å². The number of rotatable bonds is 4. The Balaban J connectivity index is 2.21. The van der Waals surface area contributed by atoms with Gasteiger partial charge in [-0.1, -0.05) is 11.6 Å². The molecule has 6 heteroatoms. The van der Waals surface area contributed by atoms with Crippen molar-refractivity contribution in [3.05, 3.63) is 23.2 Å². The third-order valence-electron chi connectivity index (χ3n) is 2.06. The number of sulfonamides is 1. The number of hydrogen-bond acceptors (Lipinski definition) is 3. The molecule has 88 valence electrons. The predicted octanol–water partition coefficient (Wildman–Crippen LogP) is 2.25. The molecule has 0 saturated heterocycles. The summed E-state index contributed by atoms with van der Waals surface area (Å²) < 4.78 is 30.1. The topological polar surface area (TPSA) is 55.4 Å². The molecule has 0 radical (unpaired) electrons. The summed E-state index contributed by atoms with van der Waals surface area (Å²) in [6.07, 6.45) is 3.46. The molecular weight excluding hydrogens is 250 g/mol. The molecule has 1 saturated carbocycles. The number of hydrogen-bond donors (Lipinski definition) is 1. The van der Waals surface area contributed by atoms with Crippen molar-refractivity contribution in [1.82, 2.24) is 0 Å². The van der Waals surface area contributed by atoms with Crippen LogP contribution in [0.5, 0.6) is 5.75 Å². The molecule has 0 unspecified atom stereocenters. The van der Waals surface area contributed by atoms with E-state index < -0.39 is 10.0 Å². The fourth-order valence-corrected chi connectivity index (χ4v) is 2.02. The third-order valence-corrected chi connectivity index (χ3v) is 2.98. The van der Waals surface area contributed by atoms with E-state index in [4.69, 9.17) is 16.3 Å². The maximum atomic E-state index is 11.1. The van der Waals surface area contributed by atoms with Gasteiger partial charge >= 0.3 is 0 Å². The fraction of sp³-hybridized carbons (Fsp3) is 0.400. The van der Waals surface area contributed by atoms with E-state index in [0.717, 1.165) is 19.1 Å². The van der Waals surface area contributed by atoms with Crippen LogP contribution >= 0.6 is 11.6 Å². The van der Waals surface area contributed by atoms with Crippen molar-refractivity contribution < 1.29 is 13.2 Å². The van der Waals surface area contributed by atoms with E-state index in [-0.39, 0.29) is 6.10 Å². The van der Waals surface area contributed by atoms with Gasteiger partial charge < -0.3 is 4.74 Å². The van der Waals surface area contributed by atoms with Crippen LogP contribution < -0.4 is 9.46 Å². The largest absolute Gasteiger partial charge is 0.490 e. The maximum Gasteiger partial charge on any atom is 0.229 e. The highest BCUT2D eigenvalue weighted by Crippen LogP contribution is 2.31. The lowest BCUT2D eigenvalue weighted by atomic mass is 10.3. The Labute approximate surface area is 99.6 Å². The summed E-state index contributed by atoms with van der Waals surface area (Å²) in [4.78, 5) is 0. The van der Waals surface area contributed by atoms with E-state index in [2.05, 4.69) is 4.72 Å². The number of anilines is 1. The maximum absolute atomic E-state index is 11.1. The zero-order chi connectivity index (χ0) is 11.8. The van der Waals surface area contributed by atoms with Gasteiger partial charge in [0.1, 0.15) is 5.75 Å². The molecule has 4 nitrogen and oxygen atoms in total. The SMILES string of the molecule is CS(=O)(=O)Nc1cc(OC2CC2)ccc1Cl. The van der Waals surface area contributed by atoms with Crippen LogP contribution in [0.25, 0.3) is 0 Å². The van der Waals surface area contributed by atoms with Gasteiger partial charge in [-0.15, -0.1) is 0 Å². The molecule has 2 rings (SSSR count). The molecule has 0 amide bonds. The first kappa shape index (κ1) is 11.5. The second-order valence-corrected chi connectivity index (χ2v) is 5.99. The Morgan fingerprint density at radius 2 is 2.12 bits per heavy atom. The van der Waals surface area contributed by atoms with Gasteiger partial charge in [-0.05, 0) is 25.0 Å². The molecule has 0 spiro atoms. The summed E-state index contributed by atoms with van der Waals surface area (Å²) in [6, 6.07) is 4.95. The Kier molecular flexibility index (Phi) is 2.99. The molecule has 16 heavy (non-hydrogen) atoms. The molecule has 0 aliphatic heterocycles. The molecule has 1 aliphatic rings. The van der Waals surface area contributed by atoms with E-state index in [1.54, 1.807) is 18.2 Å². The highest BCUT2D eigenvalue weighted by molar-refractivity contribution is 7.92. The number of halogens is 1. The van der Waals surface area contributed by atoms with Crippen LogP contribution in [0.1, 0.15) is 12.8 Å². The molecular formula is C10H12ClNO3S. The van der Waals surface area contributed by atoms with E-state index in [0.29, 0.717) is 16.5 Å². The first-order valence-electron chi connectivity index (χ1n) is 4.88. The smallest absolute Gasteiger partial charge is 0.229 e. The van der Waals surface area contributed by atoms with Crippen LogP contribution in [0.2, 0.25) is 5.02 Å². The monoisotopic (exact) mass is 261 g/mol. The van der Waals surface area contributed by atoms with Gasteiger partial charge in [-0.25, -0.2) is 8.42 Å². The molecule has 0 aromatic heterocycles. The summed E-state index contributed by atoms with van der Waals surface area (Å²) in [5.41, 5.74) is 0.349. The van der Waals surface area contributed by atoms with Crippen molar-refractivity contribution in [2.75, 3.05) is 11.0 Å². The average molecular weight is 262 g/mol. The summed E-state index contributed by atoms with van der Waals surface area (Å²) in [7, 11) is -3.32. The van der Waals surface area contributed by atoms with Crippen molar-refractivity contribution in [3.8, 4) is 5.75 Å².